The molecule has 2 aromatic rings. The maximum absolute atomic E-state index is 4.38. The van der Waals surface area contributed by atoms with E-state index in [1.807, 2.05) is 7.05 Å². The molecule has 0 bridgehead atoms. The summed E-state index contributed by atoms with van der Waals surface area (Å²) >= 11 is 0. The first-order valence-corrected chi connectivity index (χ1v) is 4.61. The monoisotopic (exact) mass is 191 g/mol. The van der Waals surface area contributed by atoms with Crippen LogP contribution in [0.3, 0.4) is 0 Å². The van der Waals surface area contributed by atoms with Crippen LogP contribution in [0.25, 0.3) is 11.2 Å². The quantitative estimate of drug-likeness (QED) is 0.748. The van der Waals surface area contributed by atoms with Gasteiger partial charge in [-0.2, -0.15) is 0 Å². The molecule has 0 saturated heterocycles. The van der Waals surface area contributed by atoms with E-state index in [0.717, 1.165) is 23.5 Å². The number of aromatic amines is 1. The molecule has 2 heterocycles. The molecule has 74 valence electrons. The Labute approximate surface area is 82.0 Å². The molecule has 1 atom stereocenters. The highest BCUT2D eigenvalue weighted by Gasteiger charge is 2.09. The zero-order valence-corrected chi connectivity index (χ0v) is 8.28. The second-order valence-corrected chi connectivity index (χ2v) is 3.34. The van der Waals surface area contributed by atoms with Crippen molar-refractivity contribution in [2.45, 2.75) is 12.8 Å². The van der Waals surface area contributed by atoms with Gasteiger partial charge in [-0.3, -0.25) is 0 Å². The van der Waals surface area contributed by atoms with Gasteiger partial charge in [0.05, 0.1) is 6.20 Å². The molecule has 2 aromatic heterocycles. The van der Waals surface area contributed by atoms with Gasteiger partial charge in [0.1, 0.15) is 17.7 Å². The summed E-state index contributed by atoms with van der Waals surface area (Å²) in [6, 6.07) is 0. The van der Waals surface area contributed by atoms with Gasteiger partial charge in [-0.1, -0.05) is 6.92 Å². The summed E-state index contributed by atoms with van der Waals surface area (Å²) in [5.41, 5.74) is 1.63. The molecular formula is C9H13N5. The van der Waals surface area contributed by atoms with Crippen LogP contribution >= 0.6 is 0 Å². The molecule has 0 amide bonds. The largest absolute Gasteiger partial charge is 0.339 e. The molecule has 0 spiro atoms. The molecule has 0 aromatic carbocycles. The van der Waals surface area contributed by atoms with E-state index in [9.17, 15) is 0 Å². The van der Waals surface area contributed by atoms with Crippen LogP contribution in [-0.4, -0.2) is 33.5 Å². The van der Waals surface area contributed by atoms with Gasteiger partial charge in [0.2, 0.25) is 0 Å². The lowest BCUT2D eigenvalue weighted by atomic mass is 10.2. The second-order valence-electron chi connectivity index (χ2n) is 3.34. The van der Waals surface area contributed by atoms with Crippen LogP contribution in [0.5, 0.6) is 0 Å². The van der Waals surface area contributed by atoms with Crippen molar-refractivity contribution < 1.29 is 0 Å². The van der Waals surface area contributed by atoms with Crippen molar-refractivity contribution in [3.8, 4) is 0 Å². The standard InChI is InChI=1S/C9H13N5/c1-6(3-10-2)8-13-7-4-11-5-12-9(7)14-8/h4-6,10H,3H2,1-2H3,(H,11,12,13,14). The highest BCUT2D eigenvalue weighted by Crippen LogP contribution is 2.13. The number of imidazole rings is 1. The van der Waals surface area contributed by atoms with Crippen molar-refractivity contribution in [2.75, 3.05) is 13.6 Å². The Morgan fingerprint density at radius 1 is 1.57 bits per heavy atom. The molecule has 2 N–H and O–H groups in total. The van der Waals surface area contributed by atoms with Crippen molar-refractivity contribution >= 4 is 11.2 Å². The number of hydrogen-bond donors (Lipinski definition) is 2. The van der Waals surface area contributed by atoms with Crippen LogP contribution in [0.4, 0.5) is 0 Å². The van der Waals surface area contributed by atoms with Crippen LogP contribution in [0, 0.1) is 0 Å². The molecule has 0 aliphatic carbocycles. The molecule has 2 rings (SSSR count). The number of rotatable bonds is 3. The van der Waals surface area contributed by atoms with E-state index < -0.39 is 0 Å². The maximum atomic E-state index is 4.38. The Kier molecular flexibility index (Phi) is 2.41. The van der Waals surface area contributed by atoms with Gasteiger partial charge < -0.3 is 10.3 Å². The van der Waals surface area contributed by atoms with Crippen LogP contribution in [0.1, 0.15) is 18.7 Å². The van der Waals surface area contributed by atoms with Gasteiger partial charge in [0.25, 0.3) is 0 Å². The molecule has 0 radical (unpaired) electrons. The summed E-state index contributed by atoms with van der Waals surface area (Å²) < 4.78 is 0. The van der Waals surface area contributed by atoms with Crippen LogP contribution in [0.2, 0.25) is 0 Å². The van der Waals surface area contributed by atoms with E-state index in [1.54, 1.807) is 6.20 Å². The number of hydrogen-bond acceptors (Lipinski definition) is 4. The summed E-state index contributed by atoms with van der Waals surface area (Å²) in [4.78, 5) is 15.6. The molecule has 0 saturated carbocycles. The lowest BCUT2D eigenvalue weighted by Gasteiger charge is -2.05. The summed E-state index contributed by atoms with van der Waals surface area (Å²) in [7, 11) is 1.93. The van der Waals surface area contributed by atoms with Gasteiger partial charge in [-0.15, -0.1) is 0 Å². The summed E-state index contributed by atoms with van der Waals surface area (Å²) in [6.45, 7) is 3.01. The molecule has 0 aliphatic heterocycles. The third-order valence-electron chi connectivity index (χ3n) is 2.16. The fourth-order valence-corrected chi connectivity index (χ4v) is 1.42. The Hall–Kier alpha value is -1.49. The molecule has 0 fully saturated rings. The van der Waals surface area contributed by atoms with Gasteiger partial charge >= 0.3 is 0 Å². The minimum absolute atomic E-state index is 0.356. The van der Waals surface area contributed by atoms with Crippen LogP contribution in [0.15, 0.2) is 12.5 Å². The topological polar surface area (TPSA) is 66.5 Å². The first kappa shape index (κ1) is 9.08. The predicted molar refractivity (Wildman–Crippen MR) is 54.0 cm³/mol. The number of likely N-dealkylation sites (N-methyl/N-ethyl adjacent to an activating group) is 1. The average molecular weight is 191 g/mol. The fourth-order valence-electron chi connectivity index (χ4n) is 1.42. The Bertz CT molecular complexity index is 389. The zero-order valence-electron chi connectivity index (χ0n) is 8.28. The maximum Gasteiger partial charge on any atom is 0.180 e. The highest BCUT2D eigenvalue weighted by molar-refractivity contribution is 5.68. The number of nitrogens with one attached hydrogen (secondary N) is 2. The highest BCUT2D eigenvalue weighted by atomic mass is 15.0. The van der Waals surface area contributed by atoms with Crippen molar-refractivity contribution in [3.63, 3.8) is 0 Å². The Balaban J connectivity index is 2.35. The Morgan fingerprint density at radius 2 is 2.43 bits per heavy atom. The van der Waals surface area contributed by atoms with Crippen molar-refractivity contribution in [1.82, 2.24) is 25.3 Å². The van der Waals surface area contributed by atoms with Gasteiger partial charge in [-0.25, -0.2) is 15.0 Å². The number of aromatic nitrogens is 4. The lowest BCUT2D eigenvalue weighted by molar-refractivity contribution is 0.650. The van der Waals surface area contributed by atoms with Crippen LogP contribution in [-0.2, 0) is 0 Å². The van der Waals surface area contributed by atoms with E-state index in [1.165, 1.54) is 6.33 Å². The van der Waals surface area contributed by atoms with Crippen LogP contribution < -0.4 is 5.32 Å². The summed E-state index contributed by atoms with van der Waals surface area (Å²) in [5.74, 6) is 1.31. The van der Waals surface area contributed by atoms with E-state index in [4.69, 9.17) is 0 Å². The van der Waals surface area contributed by atoms with E-state index in [2.05, 4.69) is 32.2 Å². The Morgan fingerprint density at radius 3 is 3.14 bits per heavy atom. The summed E-state index contributed by atoms with van der Waals surface area (Å²) in [5, 5.41) is 3.11. The van der Waals surface area contributed by atoms with Gasteiger partial charge in [0, 0.05) is 12.5 Å². The zero-order chi connectivity index (χ0) is 9.97. The normalized spacial score (nSPS) is 13.3. The second kappa shape index (κ2) is 3.71. The van der Waals surface area contributed by atoms with Crippen molar-refractivity contribution in [1.29, 1.82) is 0 Å². The predicted octanol–water partition coefficient (Wildman–Crippen LogP) is 0.676. The minimum Gasteiger partial charge on any atom is -0.339 e. The van der Waals surface area contributed by atoms with Gasteiger partial charge in [0.15, 0.2) is 5.65 Å². The number of nitrogens with zero attached hydrogens (tertiary/aromatic N) is 3. The third-order valence-corrected chi connectivity index (χ3v) is 2.16. The minimum atomic E-state index is 0.356. The first-order valence-electron chi connectivity index (χ1n) is 4.61. The molecule has 14 heavy (non-hydrogen) atoms. The van der Waals surface area contributed by atoms with Gasteiger partial charge in [-0.05, 0) is 7.05 Å². The number of fused-ring (bicyclic) bond motifs is 1. The third kappa shape index (κ3) is 1.58. The average Bonchev–Trinajstić information content (AvgIpc) is 2.61. The SMILES string of the molecule is CNCC(C)c1nc2ncncc2[nH]1. The lowest BCUT2D eigenvalue weighted by Crippen LogP contribution is -2.15. The molecular weight excluding hydrogens is 178 g/mol. The molecule has 5 heteroatoms. The fraction of sp³-hybridized carbons (Fsp3) is 0.444. The number of H-pyrrole nitrogens is 1. The summed E-state index contributed by atoms with van der Waals surface area (Å²) in [6.07, 6.45) is 3.25. The van der Waals surface area contributed by atoms with Crippen molar-refractivity contribution in [3.05, 3.63) is 18.3 Å². The first-order chi connectivity index (χ1) is 6.81. The van der Waals surface area contributed by atoms with E-state index >= 15 is 0 Å². The molecule has 5 nitrogen and oxygen atoms in total. The van der Waals surface area contributed by atoms with Crippen molar-refractivity contribution in [2.24, 2.45) is 0 Å². The molecule has 1 unspecified atom stereocenters. The van der Waals surface area contributed by atoms with E-state index in [-0.39, 0.29) is 0 Å². The smallest absolute Gasteiger partial charge is 0.180 e. The van der Waals surface area contributed by atoms with E-state index in [0.29, 0.717) is 5.92 Å². The molecule has 0 aliphatic rings.